The highest BCUT2D eigenvalue weighted by molar-refractivity contribution is 9.10. The minimum atomic E-state index is -0.164. The number of piperidine rings is 1. The Morgan fingerprint density at radius 3 is 2.84 bits per heavy atom. The fraction of sp³-hybridized carbons (Fsp3) is 0.409. The number of ether oxygens (including phenoxy) is 1. The zero-order valence-corrected chi connectivity index (χ0v) is 19.7. The van der Waals surface area contributed by atoms with E-state index < -0.39 is 0 Å². The van der Waals surface area contributed by atoms with Gasteiger partial charge in [0.15, 0.2) is 5.82 Å². The first kappa shape index (κ1) is 22.3. The van der Waals surface area contributed by atoms with Gasteiger partial charge in [-0.1, -0.05) is 22.0 Å². The van der Waals surface area contributed by atoms with Gasteiger partial charge in [0.05, 0.1) is 19.3 Å². The van der Waals surface area contributed by atoms with Crippen LogP contribution >= 0.6 is 15.9 Å². The summed E-state index contributed by atoms with van der Waals surface area (Å²) in [5.41, 5.74) is 2.25. The van der Waals surface area contributed by atoms with E-state index in [1.54, 1.807) is 6.20 Å². The number of carbonyl (C=O) groups is 1. The molecule has 1 fully saturated rings. The van der Waals surface area contributed by atoms with Crippen molar-refractivity contribution in [2.24, 2.45) is 0 Å². The number of carbonyl (C=O) groups excluding carboxylic acids is 1. The van der Waals surface area contributed by atoms with Gasteiger partial charge in [0.25, 0.3) is 0 Å². The smallest absolute Gasteiger partial charge is 0.320 e. The van der Waals surface area contributed by atoms with Crippen LogP contribution in [0.4, 0.5) is 17.5 Å². The fourth-order valence-electron chi connectivity index (χ4n) is 3.83. The molecule has 2 aromatic heterocycles. The largest absolute Gasteiger partial charge is 0.465 e. The molecular formula is C22H26BrN7O2. The summed E-state index contributed by atoms with van der Waals surface area (Å²) in [4.78, 5) is 34.0. The first-order valence-electron chi connectivity index (χ1n) is 10.6. The number of hydrogen-bond donors (Lipinski definition) is 1. The van der Waals surface area contributed by atoms with Crippen molar-refractivity contribution in [1.82, 2.24) is 24.8 Å². The molecule has 0 radical (unpaired) electrons. The number of fused-ring (bicyclic) bond motifs is 1. The molecule has 3 aromatic rings. The van der Waals surface area contributed by atoms with Gasteiger partial charge in [-0.05, 0) is 38.0 Å². The molecule has 0 spiro atoms. The first-order chi connectivity index (χ1) is 15.5. The summed E-state index contributed by atoms with van der Waals surface area (Å²) in [7, 11) is 2.01. The van der Waals surface area contributed by atoms with E-state index in [0.717, 1.165) is 36.1 Å². The highest BCUT2D eigenvalue weighted by atomic mass is 79.9. The lowest BCUT2D eigenvalue weighted by Crippen LogP contribution is -2.45. The molecule has 1 saturated heterocycles. The molecule has 0 aliphatic carbocycles. The Morgan fingerprint density at radius 2 is 2.09 bits per heavy atom. The maximum atomic E-state index is 11.7. The predicted molar refractivity (Wildman–Crippen MR) is 127 cm³/mol. The normalized spacial score (nSPS) is 15.0. The molecule has 1 aromatic carbocycles. The highest BCUT2D eigenvalue weighted by Gasteiger charge is 2.25. The summed E-state index contributed by atoms with van der Waals surface area (Å²) in [5.74, 6) is 1.10. The molecule has 32 heavy (non-hydrogen) atoms. The van der Waals surface area contributed by atoms with E-state index in [0.29, 0.717) is 36.0 Å². The van der Waals surface area contributed by atoms with Crippen LogP contribution in [0.5, 0.6) is 0 Å². The Kier molecular flexibility index (Phi) is 7.11. The minimum absolute atomic E-state index is 0.164. The van der Waals surface area contributed by atoms with Crippen molar-refractivity contribution < 1.29 is 9.53 Å². The number of anilines is 3. The molecule has 0 unspecified atom stereocenters. The summed E-state index contributed by atoms with van der Waals surface area (Å²) >= 11 is 3.49. The third-order valence-corrected chi connectivity index (χ3v) is 6.02. The second-order valence-electron chi connectivity index (χ2n) is 7.68. The van der Waals surface area contributed by atoms with Crippen molar-refractivity contribution in [3.8, 4) is 0 Å². The molecule has 0 saturated carbocycles. The number of esters is 1. The standard InChI is InChI=1S/C22H26BrN7O2/c1-3-32-19(31)13-30-9-7-17(8-10-30)29(2)22-24-12-18-20(28-22)21(26-14-25-18)27-16-6-4-5-15(23)11-16/h4-6,11-12,14,17H,3,7-10,13H2,1-2H3,(H,25,26,27). The van der Waals surface area contributed by atoms with Crippen LogP contribution in [0.2, 0.25) is 0 Å². The van der Waals surface area contributed by atoms with Gasteiger partial charge in [-0.2, -0.15) is 0 Å². The van der Waals surface area contributed by atoms with E-state index in [9.17, 15) is 4.79 Å². The van der Waals surface area contributed by atoms with Crippen molar-refractivity contribution in [3.63, 3.8) is 0 Å². The summed E-state index contributed by atoms with van der Waals surface area (Å²) in [5, 5.41) is 3.33. The van der Waals surface area contributed by atoms with Crippen molar-refractivity contribution in [2.45, 2.75) is 25.8 Å². The van der Waals surface area contributed by atoms with Crippen molar-refractivity contribution in [2.75, 3.05) is 43.5 Å². The predicted octanol–water partition coefficient (Wildman–Crippen LogP) is 3.39. The zero-order valence-electron chi connectivity index (χ0n) is 18.2. The Balaban J connectivity index is 1.48. The van der Waals surface area contributed by atoms with Crippen LogP contribution in [-0.2, 0) is 9.53 Å². The average molecular weight is 500 g/mol. The van der Waals surface area contributed by atoms with Crippen LogP contribution < -0.4 is 10.2 Å². The molecule has 4 rings (SSSR count). The first-order valence-corrected chi connectivity index (χ1v) is 11.4. The Hall–Kier alpha value is -2.85. The molecule has 0 amide bonds. The number of aromatic nitrogens is 4. The van der Waals surface area contributed by atoms with Gasteiger partial charge in [-0.15, -0.1) is 0 Å². The summed E-state index contributed by atoms with van der Waals surface area (Å²) in [6.45, 7) is 4.26. The molecule has 3 heterocycles. The quantitative estimate of drug-likeness (QED) is 0.490. The topological polar surface area (TPSA) is 96.4 Å². The maximum absolute atomic E-state index is 11.7. The Morgan fingerprint density at radius 1 is 1.28 bits per heavy atom. The number of benzene rings is 1. The third kappa shape index (κ3) is 5.31. The van der Waals surface area contributed by atoms with Crippen molar-refractivity contribution in [3.05, 3.63) is 41.3 Å². The Bertz CT molecular complexity index is 1090. The second kappa shape index (κ2) is 10.2. The molecule has 1 aliphatic heterocycles. The number of rotatable bonds is 7. The molecule has 1 aliphatic rings. The van der Waals surface area contributed by atoms with Crippen LogP contribution in [-0.4, -0.2) is 70.1 Å². The van der Waals surface area contributed by atoms with Gasteiger partial charge in [0.2, 0.25) is 5.95 Å². The monoisotopic (exact) mass is 499 g/mol. The van der Waals surface area contributed by atoms with E-state index in [-0.39, 0.29) is 12.0 Å². The van der Waals surface area contributed by atoms with E-state index in [2.05, 4.69) is 46.0 Å². The van der Waals surface area contributed by atoms with E-state index in [4.69, 9.17) is 9.72 Å². The van der Waals surface area contributed by atoms with Gasteiger partial charge in [0, 0.05) is 36.3 Å². The lowest BCUT2D eigenvalue weighted by molar-refractivity contribution is -0.144. The molecule has 0 atom stereocenters. The summed E-state index contributed by atoms with van der Waals surface area (Å²) in [6.07, 6.45) is 5.09. The van der Waals surface area contributed by atoms with Gasteiger partial charge in [-0.25, -0.2) is 19.9 Å². The number of likely N-dealkylation sites (tertiary alicyclic amines) is 1. The van der Waals surface area contributed by atoms with Crippen LogP contribution in [0.25, 0.3) is 11.0 Å². The van der Waals surface area contributed by atoms with Gasteiger partial charge in [-0.3, -0.25) is 9.69 Å². The van der Waals surface area contributed by atoms with Crippen molar-refractivity contribution in [1.29, 1.82) is 0 Å². The molecule has 0 bridgehead atoms. The lowest BCUT2D eigenvalue weighted by atomic mass is 10.0. The van der Waals surface area contributed by atoms with Crippen LogP contribution in [0, 0.1) is 0 Å². The summed E-state index contributed by atoms with van der Waals surface area (Å²) < 4.78 is 6.04. The minimum Gasteiger partial charge on any atom is -0.465 e. The third-order valence-electron chi connectivity index (χ3n) is 5.53. The zero-order chi connectivity index (χ0) is 22.5. The van der Waals surface area contributed by atoms with Gasteiger partial charge >= 0.3 is 5.97 Å². The maximum Gasteiger partial charge on any atom is 0.320 e. The molecule has 9 nitrogen and oxygen atoms in total. The lowest BCUT2D eigenvalue weighted by Gasteiger charge is -2.36. The molecule has 168 valence electrons. The molecular weight excluding hydrogens is 474 g/mol. The molecule has 10 heteroatoms. The number of hydrogen-bond acceptors (Lipinski definition) is 9. The van der Waals surface area contributed by atoms with Crippen LogP contribution in [0.15, 0.2) is 41.3 Å². The van der Waals surface area contributed by atoms with Gasteiger partial charge in [0.1, 0.15) is 17.4 Å². The van der Waals surface area contributed by atoms with E-state index >= 15 is 0 Å². The highest BCUT2D eigenvalue weighted by Crippen LogP contribution is 2.26. The SMILES string of the molecule is CCOC(=O)CN1CCC(N(C)c2ncc3ncnc(Nc4cccc(Br)c4)c3n2)CC1. The number of nitrogens with zero attached hydrogens (tertiary/aromatic N) is 6. The van der Waals surface area contributed by atoms with Crippen LogP contribution in [0.1, 0.15) is 19.8 Å². The molecule has 1 N–H and O–H groups in total. The second-order valence-corrected chi connectivity index (χ2v) is 8.60. The fourth-order valence-corrected chi connectivity index (χ4v) is 4.23. The number of nitrogens with one attached hydrogen (secondary N) is 1. The summed E-state index contributed by atoms with van der Waals surface area (Å²) in [6, 6.07) is 8.16. The number of halogens is 1. The van der Waals surface area contributed by atoms with E-state index in [1.807, 2.05) is 38.2 Å². The Labute approximate surface area is 195 Å². The van der Waals surface area contributed by atoms with E-state index in [1.165, 1.54) is 6.33 Å². The van der Waals surface area contributed by atoms with Gasteiger partial charge < -0.3 is 15.0 Å². The van der Waals surface area contributed by atoms with Crippen LogP contribution in [0.3, 0.4) is 0 Å². The van der Waals surface area contributed by atoms with Crippen molar-refractivity contribution >= 4 is 50.4 Å². The average Bonchev–Trinajstić information content (AvgIpc) is 2.79.